The van der Waals surface area contributed by atoms with E-state index in [2.05, 4.69) is 6.92 Å². The minimum absolute atomic E-state index is 0.0240. The average Bonchev–Trinajstić information content (AvgIpc) is 2.77. The van der Waals surface area contributed by atoms with Crippen LogP contribution in [0.4, 0.5) is 0 Å². The number of aliphatic hydroxyl groups is 1. The SMILES string of the molecule is C[C@@H]1C[C@@H]2OC(=O)[C@@H](C)[C@@H]2[C@@H](O)[C@]2(C)C(=O)C=C[C@H]12. The second-order valence-electron chi connectivity index (χ2n) is 6.53. The number of carbonyl (C=O) groups is 2. The van der Waals surface area contributed by atoms with Gasteiger partial charge < -0.3 is 9.84 Å². The average molecular weight is 264 g/mol. The highest BCUT2D eigenvalue weighted by Gasteiger charge is 2.60. The Hall–Kier alpha value is -1.16. The molecule has 3 aliphatic rings. The molecule has 0 aromatic carbocycles. The number of hydrogen-bond acceptors (Lipinski definition) is 4. The van der Waals surface area contributed by atoms with Gasteiger partial charge in [0.05, 0.1) is 17.4 Å². The highest BCUT2D eigenvalue weighted by atomic mass is 16.6. The molecule has 0 aromatic heterocycles. The maximum atomic E-state index is 12.2. The third-order valence-electron chi connectivity index (χ3n) is 5.52. The number of ether oxygens (including phenoxy) is 1. The van der Waals surface area contributed by atoms with E-state index in [0.29, 0.717) is 0 Å². The van der Waals surface area contributed by atoms with Gasteiger partial charge >= 0.3 is 5.97 Å². The van der Waals surface area contributed by atoms with Gasteiger partial charge in [-0.15, -0.1) is 0 Å². The van der Waals surface area contributed by atoms with E-state index in [9.17, 15) is 14.7 Å². The van der Waals surface area contributed by atoms with Crippen LogP contribution in [-0.2, 0) is 14.3 Å². The van der Waals surface area contributed by atoms with Crippen molar-refractivity contribution >= 4 is 11.8 Å². The first-order valence-corrected chi connectivity index (χ1v) is 6.98. The van der Waals surface area contributed by atoms with Crippen molar-refractivity contribution in [1.82, 2.24) is 0 Å². The number of aliphatic hydroxyl groups excluding tert-OH is 1. The molecule has 7 atom stereocenters. The molecule has 19 heavy (non-hydrogen) atoms. The van der Waals surface area contributed by atoms with E-state index < -0.39 is 11.5 Å². The predicted molar refractivity (Wildman–Crippen MR) is 68.1 cm³/mol. The van der Waals surface area contributed by atoms with E-state index in [-0.39, 0.29) is 41.5 Å². The fourth-order valence-electron chi connectivity index (χ4n) is 4.27. The highest BCUT2D eigenvalue weighted by Crippen LogP contribution is 2.53. The summed E-state index contributed by atoms with van der Waals surface area (Å²) >= 11 is 0. The summed E-state index contributed by atoms with van der Waals surface area (Å²) in [4.78, 5) is 24.0. The standard InChI is InChI=1S/C15H20O4/c1-7-6-10-12(8(2)14(18)19-10)13(17)15(3)9(7)4-5-11(15)16/h4-5,7-10,12-13,17H,6H2,1-3H3/t7-,8+,9-,10+,12+,13-,15+/m1/s1. The Balaban J connectivity index is 2.06. The predicted octanol–water partition coefficient (Wildman–Crippen LogP) is 1.33. The lowest BCUT2D eigenvalue weighted by molar-refractivity contribution is -0.144. The molecule has 1 N–H and O–H groups in total. The molecule has 0 radical (unpaired) electrons. The van der Waals surface area contributed by atoms with Crippen LogP contribution in [0.5, 0.6) is 0 Å². The molecule has 0 spiro atoms. The van der Waals surface area contributed by atoms with E-state index in [4.69, 9.17) is 4.74 Å². The molecule has 3 rings (SSSR count). The van der Waals surface area contributed by atoms with Crippen molar-refractivity contribution in [1.29, 1.82) is 0 Å². The first-order valence-electron chi connectivity index (χ1n) is 6.98. The summed E-state index contributed by atoms with van der Waals surface area (Å²) in [6.07, 6.45) is 3.15. The summed E-state index contributed by atoms with van der Waals surface area (Å²) in [6.45, 7) is 5.69. The lowest BCUT2D eigenvalue weighted by atomic mass is 9.67. The van der Waals surface area contributed by atoms with Crippen molar-refractivity contribution in [2.24, 2.45) is 29.1 Å². The Bertz CT molecular complexity index is 469. The first kappa shape index (κ1) is 12.9. The van der Waals surface area contributed by atoms with Crippen LogP contribution in [0.25, 0.3) is 0 Å². The van der Waals surface area contributed by atoms with Crippen LogP contribution >= 0.6 is 0 Å². The van der Waals surface area contributed by atoms with E-state index in [1.54, 1.807) is 13.0 Å². The zero-order valence-electron chi connectivity index (χ0n) is 11.5. The van der Waals surface area contributed by atoms with Gasteiger partial charge in [0.2, 0.25) is 0 Å². The molecule has 0 aromatic rings. The number of hydrogen-bond donors (Lipinski definition) is 1. The molecule has 4 heteroatoms. The number of ketones is 1. The second kappa shape index (κ2) is 3.92. The summed E-state index contributed by atoms with van der Waals surface area (Å²) in [5.74, 6) is -0.627. The number of esters is 1. The molecule has 0 bridgehead atoms. The summed E-state index contributed by atoms with van der Waals surface area (Å²) in [7, 11) is 0. The van der Waals surface area contributed by atoms with Crippen molar-refractivity contribution in [3.8, 4) is 0 Å². The summed E-state index contributed by atoms with van der Waals surface area (Å²) in [6, 6.07) is 0. The van der Waals surface area contributed by atoms with Gasteiger partial charge in [-0.3, -0.25) is 9.59 Å². The third-order valence-corrected chi connectivity index (χ3v) is 5.52. The van der Waals surface area contributed by atoms with Crippen molar-refractivity contribution in [2.75, 3.05) is 0 Å². The minimum atomic E-state index is -0.823. The maximum absolute atomic E-state index is 12.2. The minimum Gasteiger partial charge on any atom is -0.462 e. The van der Waals surface area contributed by atoms with Gasteiger partial charge in [0.1, 0.15) is 6.10 Å². The molecule has 4 nitrogen and oxygen atoms in total. The largest absolute Gasteiger partial charge is 0.462 e. The molecule has 1 heterocycles. The molecular formula is C15H20O4. The van der Waals surface area contributed by atoms with Crippen molar-refractivity contribution in [3.63, 3.8) is 0 Å². The number of carbonyl (C=O) groups excluding carboxylic acids is 2. The molecule has 104 valence electrons. The zero-order chi connectivity index (χ0) is 13.9. The smallest absolute Gasteiger partial charge is 0.309 e. The van der Waals surface area contributed by atoms with Crippen molar-refractivity contribution in [2.45, 2.75) is 39.4 Å². The van der Waals surface area contributed by atoms with Crippen LogP contribution in [0.15, 0.2) is 12.2 Å². The summed E-state index contributed by atoms with van der Waals surface area (Å²) in [5.41, 5.74) is -0.804. The lowest BCUT2D eigenvalue weighted by Gasteiger charge is -2.37. The van der Waals surface area contributed by atoms with E-state index in [1.165, 1.54) is 0 Å². The Labute approximate surface area is 112 Å². The number of rotatable bonds is 0. The van der Waals surface area contributed by atoms with Crippen molar-refractivity contribution in [3.05, 3.63) is 12.2 Å². The van der Waals surface area contributed by atoms with E-state index in [1.807, 2.05) is 13.0 Å². The molecule has 0 unspecified atom stereocenters. The van der Waals surface area contributed by atoms with Gasteiger partial charge in [0, 0.05) is 5.92 Å². The molecule has 1 saturated carbocycles. The summed E-state index contributed by atoms with van der Waals surface area (Å²) in [5, 5.41) is 10.8. The monoisotopic (exact) mass is 264 g/mol. The van der Waals surface area contributed by atoms with Crippen LogP contribution in [0.3, 0.4) is 0 Å². The quantitative estimate of drug-likeness (QED) is 0.670. The second-order valence-corrected chi connectivity index (χ2v) is 6.53. The van der Waals surface area contributed by atoms with Crippen LogP contribution in [0, 0.1) is 29.1 Å². The first-order chi connectivity index (χ1) is 8.87. The van der Waals surface area contributed by atoms with Gasteiger partial charge in [-0.1, -0.05) is 19.9 Å². The Morgan fingerprint density at radius 1 is 1.37 bits per heavy atom. The maximum Gasteiger partial charge on any atom is 0.309 e. The van der Waals surface area contributed by atoms with E-state index in [0.717, 1.165) is 6.42 Å². The number of allylic oxidation sites excluding steroid dienone is 2. The molecular weight excluding hydrogens is 244 g/mol. The Morgan fingerprint density at radius 3 is 2.74 bits per heavy atom. The Morgan fingerprint density at radius 2 is 2.05 bits per heavy atom. The molecule has 1 aliphatic heterocycles. The van der Waals surface area contributed by atoms with Crippen LogP contribution in [-0.4, -0.2) is 29.1 Å². The van der Waals surface area contributed by atoms with Gasteiger partial charge in [-0.2, -0.15) is 0 Å². The van der Waals surface area contributed by atoms with E-state index >= 15 is 0 Å². The molecule has 0 amide bonds. The molecule has 2 aliphatic carbocycles. The summed E-state index contributed by atoms with van der Waals surface area (Å²) < 4.78 is 5.41. The molecule has 1 saturated heterocycles. The van der Waals surface area contributed by atoms with Gasteiger partial charge in [-0.05, 0) is 31.3 Å². The third kappa shape index (κ3) is 1.49. The van der Waals surface area contributed by atoms with Gasteiger partial charge in [0.25, 0.3) is 0 Å². The fraction of sp³-hybridized carbons (Fsp3) is 0.733. The van der Waals surface area contributed by atoms with Crippen LogP contribution < -0.4 is 0 Å². The fourth-order valence-corrected chi connectivity index (χ4v) is 4.27. The zero-order valence-corrected chi connectivity index (χ0v) is 11.5. The highest BCUT2D eigenvalue weighted by molar-refractivity contribution is 5.98. The van der Waals surface area contributed by atoms with Crippen molar-refractivity contribution < 1.29 is 19.4 Å². The van der Waals surface area contributed by atoms with Gasteiger partial charge in [-0.25, -0.2) is 0 Å². The molecule has 2 fully saturated rings. The van der Waals surface area contributed by atoms with Gasteiger partial charge in [0.15, 0.2) is 5.78 Å². The lowest BCUT2D eigenvalue weighted by Crippen LogP contribution is -2.47. The van der Waals surface area contributed by atoms with Crippen LogP contribution in [0.2, 0.25) is 0 Å². The number of fused-ring (bicyclic) bond motifs is 2. The van der Waals surface area contributed by atoms with Crippen LogP contribution in [0.1, 0.15) is 27.2 Å². The Kier molecular flexibility index (Phi) is 2.65. The topological polar surface area (TPSA) is 63.6 Å². The normalized spacial score (nSPS) is 52.6.